The molecule has 18 heavy (non-hydrogen) atoms. The number of anilines is 1. The van der Waals surface area contributed by atoms with Crippen LogP contribution in [0.5, 0.6) is 0 Å². The molecule has 0 fully saturated rings. The number of thiazole rings is 1. The first kappa shape index (κ1) is 14.9. The Hall–Kier alpha value is -1.19. The van der Waals surface area contributed by atoms with Crippen molar-refractivity contribution in [1.29, 1.82) is 0 Å². The number of carbonyl (C=O) groups is 1. The fourth-order valence-electron chi connectivity index (χ4n) is 1.18. The lowest BCUT2D eigenvalue weighted by molar-refractivity contribution is 0.0959. The Morgan fingerprint density at radius 2 is 2.11 bits per heavy atom. The van der Waals surface area contributed by atoms with E-state index in [1.54, 1.807) is 6.92 Å². The van der Waals surface area contributed by atoms with E-state index in [4.69, 9.17) is 5.73 Å². The zero-order chi connectivity index (χ0) is 13.9. The van der Waals surface area contributed by atoms with Gasteiger partial charge in [-0.1, -0.05) is 11.3 Å². The number of hydrogen-bond acceptors (Lipinski definition) is 6. The molecule has 1 amide bonds. The third-order valence-corrected chi connectivity index (χ3v) is 5.04. The van der Waals surface area contributed by atoms with Gasteiger partial charge in [-0.25, -0.2) is 17.7 Å². The highest BCUT2D eigenvalue weighted by molar-refractivity contribution is 7.89. The lowest BCUT2D eigenvalue weighted by Crippen LogP contribution is -2.33. The summed E-state index contributed by atoms with van der Waals surface area (Å²) in [6.07, 6.45) is 0. The molecule has 0 spiro atoms. The average Bonchev–Trinajstić information content (AvgIpc) is 2.57. The number of aromatic nitrogens is 1. The van der Waals surface area contributed by atoms with E-state index in [1.165, 1.54) is 14.1 Å². The molecule has 1 aromatic heterocycles. The Kier molecular flexibility index (Phi) is 4.65. The number of nitrogen functional groups attached to an aromatic ring is 1. The van der Waals surface area contributed by atoms with Crippen molar-refractivity contribution in [2.45, 2.75) is 6.92 Å². The van der Waals surface area contributed by atoms with E-state index < -0.39 is 10.0 Å². The Labute approximate surface area is 110 Å². The molecule has 3 N–H and O–H groups in total. The number of nitrogens with two attached hydrogens (primary N) is 1. The van der Waals surface area contributed by atoms with Gasteiger partial charge in [-0.3, -0.25) is 4.79 Å². The van der Waals surface area contributed by atoms with Crippen LogP contribution in [0.1, 0.15) is 15.4 Å². The van der Waals surface area contributed by atoms with Crippen molar-refractivity contribution in [3.05, 3.63) is 10.6 Å². The zero-order valence-corrected chi connectivity index (χ0v) is 12.1. The van der Waals surface area contributed by atoms with Crippen LogP contribution in [-0.2, 0) is 10.0 Å². The number of carbonyl (C=O) groups excluding carboxylic acids is 1. The zero-order valence-electron chi connectivity index (χ0n) is 10.4. The summed E-state index contributed by atoms with van der Waals surface area (Å²) < 4.78 is 24.0. The van der Waals surface area contributed by atoms with E-state index in [2.05, 4.69) is 10.3 Å². The molecule has 0 atom stereocenters. The summed E-state index contributed by atoms with van der Waals surface area (Å²) in [6, 6.07) is 0. The molecule has 1 heterocycles. The molecule has 7 nitrogen and oxygen atoms in total. The maximum absolute atomic E-state index is 11.7. The Morgan fingerprint density at radius 3 is 2.56 bits per heavy atom. The Balaban J connectivity index is 2.56. The summed E-state index contributed by atoms with van der Waals surface area (Å²) in [5.74, 6) is -0.491. The van der Waals surface area contributed by atoms with Crippen LogP contribution in [0.15, 0.2) is 0 Å². The predicted octanol–water partition coefficient (Wildman–Crippen LogP) is -0.345. The normalized spacial score (nSPS) is 11.8. The third kappa shape index (κ3) is 3.65. The number of nitrogens with one attached hydrogen (secondary N) is 1. The minimum atomic E-state index is -3.30. The minimum absolute atomic E-state index is 0.0522. The van der Waals surface area contributed by atoms with Crippen LogP contribution in [-0.4, -0.2) is 50.0 Å². The van der Waals surface area contributed by atoms with Gasteiger partial charge in [0, 0.05) is 20.6 Å². The van der Waals surface area contributed by atoms with Gasteiger partial charge in [-0.15, -0.1) is 0 Å². The highest BCUT2D eigenvalue weighted by atomic mass is 32.2. The number of nitrogens with zero attached hydrogens (tertiary/aromatic N) is 2. The van der Waals surface area contributed by atoms with Crippen molar-refractivity contribution in [2.24, 2.45) is 0 Å². The molecule has 0 saturated carbocycles. The van der Waals surface area contributed by atoms with Crippen molar-refractivity contribution in [3.63, 3.8) is 0 Å². The maximum atomic E-state index is 11.7. The molecule has 0 radical (unpaired) electrons. The van der Waals surface area contributed by atoms with Gasteiger partial charge < -0.3 is 11.1 Å². The highest BCUT2D eigenvalue weighted by Crippen LogP contribution is 2.19. The first-order valence-electron chi connectivity index (χ1n) is 5.15. The van der Waals surface area contributed by atoms with Gasteiger partial charge in [0.25, 0.3) is 5.91 Å². The van der Waals surface area contributed by atoms with Gasteiger partial charge in [-0.2, -0.15) is 0 Å². The molecule has 0 aromatic carbocycles. The average molecular weight is 292 g/mol. The third-order valence-electron chi connectivity index (χ3n) is 2.22. The van der Waals surface area contributed by atoms with Crippen LogP contribution in [0.4, 0.5) is 5.13 Å². The minimum Gasteiger partial charge on any atom is -0.375 e. The first-order chi connectivity index (χ1) is 8.24. The quantitative estimate of drug-likeness (QED) is 0.772. The molecule has 0 saturated heterocycles. The number of hydrogen-bond donors (Lipinski definition) is 2. The second-order valence-corrected chi connectivity index (χ2v) is 7.15. The van der Waals surface area contributed by atoms with E-state index in [1.807, 2.05) is 0 Å². The lowest BCUT2D eigenvalue weighted by Gasteiger charge is -2.11. The predicted molar refractivity (Wildman–Crippen MR) is 71.1 cm³/mol. The van der Waals surface area contributed by atoms with Crippen molar-refractivity contribution < 1.29 is 13.2 Å². The molecule has 1 rings (SSSR count). The molecule has 0 aliphatic rings. The largest absolute Gasteiger partial charge is 0.375 e. The number of aryl methyl sites for hydroxylation is 1. The van der Waals surface area contributed by atoms with Crippen LogP contribution in [0, 0.1) is 6.92 Å². The summed E-state index contributed by atoms with van der Waals surface area (Å²) in [4.78, 5) is 16.1. The smallest absolute Gasteiger partial charge is 0.263 e. The van der Waals surface area contributed by atoms with E-state index >= 15 is 0 Å². The molecular formula is C9H16N4O3S2. The lowest BCUT2D eigenvalue weighted by atomic mass is 10.4. The highest BCUT2D eigenvalue weighted by Gasteiger charge is 2.16. The Bertz CT molecular complexity index is 536. The van der Waals surface area contributed by atoms with Gasteiger partial charge in [0.1, 0.15) is 4.88 Å². The van der Waals surface area contributed by atoms with E-state index in [0.29, 0.717) is 15.7 Å². The maximum Gasteiger partial charge on any atom is 0.263 e. The monoisotopic (exact) mass is 292 g/mol. The summed E-state index contributed by atoms with van der Waals surface area (Å²) >= 11 is 1.08. The van der Waals surface area contributed by atoms with E-state index in [0.717, 1.165) is 15.6 Å². The van der Waals surface area contributed by atoms with Crippen molar-refractivity contribution >= 4 is 32.4 Å². The summed E-state index contributed by atoms with van der Waals surface area (Å²) in [5.41, 5.74) is 6.03. The molecule has 0 aliphatic heterocycles. The summed E-state index contributed by atoms with van der Waals surface area (Å²) in [5, 5.41) is 2.85. The topological polar surface area (TPSA) is 105 Å². The van der Waals surface area contributed by atoms with E-state index in [9.17, 15) is 13.2 Å². The van der Waals surface area contributed by atoms with Crippen LogP contribution in [0.25, 0.3) is 0 Å². The van der Waals surface area contributed by atoms with Crippen LogP contribution < -0.4 is 11.1 Å². The van der Waals surface area contributed by atoms with Gasteiger partial charge in [-0.05, 0) is 6.92 Å². The molecule has 102 valence electrons. The summed E-state index contributed by atoms with van der Waals surface area (Å²) in [7, 11) is -0.400. The van der Waals surface area contributed by atoms with E-state index in [-0.39, 0.29) is 18.2 Å². The molecule has 1 aromatic rings. The molecular weight excluding hydrogens is 276 g/mol. The molecule has 0 aliphatic carbocycles. The molecule has 9 heteroatoms. The Morgan fingerprint density at radius 1 is 1.50 bits per heavy atom. The van der Waals surface area contributed by atoms with Crippen LogP contribution >= 0.6 is 11.3 Å². The number of rotatable bonds is 5. The first-order valence-corrected chi connectivity index (χ1v) is 7.58. The van der Waals surface area contributed by atoms with Crippen molar-refractivity contribution in [1.82, 2.24) is 14.6 Å². The molecule has 0 bridgehead atoms. The van der Waals surface area contributed by atoms with Gasteiger partial charge in [0.15, 0.2) is 5.13 Å². The van der Waals surface area contributed by atoms with Gasteiger partial charge in [0.05, 0.1) is 11.4 Å². The van der Waals surface area contributed by atoms with Gasteiger partial charge in [0.2, 0.25) is 10.0 Å². The van der Waals surface area contributed by atoms with Crippen LogP contribution in [0.3, 0.4) is 0 Å². The second kappa shape index (κ2) is 5.63. The SMILES string of the molecule is Cc1nc(N)sc1C(=O)NCCS(=O)(=O)N(C)C. The van der Waals surface area contributed by atoms with Crippen molar-refractivity contribution in [2.75, 3.05) is 32.1 Å². The fourth-order valence-corrected chi connectivity index (χ4v) is 2.66. The fraction of sp³-hybridized carbons (Fsp3) is 0.556. The number of sulfonamides is 1. The summed E-state index contributed by atoms with van der Waals surface area (Å²) in [6.45, 7) is 1.73. The standard InChI is InChI=1S/C9H16N4O3S2/c1-6-7(17-9(10)12-6)8(14)11-4-5-18(15,16)13(2)3/h4-5H2,1-3H3,(H2,10,12)(H,11,14). The van der Waals surface area contributed by atoms with Crippen LogP contribution in [0.2, 0.25) is 0 Å². The molecule has 0 unspecified atom stereocenters. The van der Waals surface area contributed by atoms with Crippen molar-refractivity contribution in [3.8, 4) is 0 Å². The second-order valence-electron chi connectivity index (χ2n) is 3.82. The van der Waals surface area contributed by atoms with Gasteiger partial charge >= 0.3 is 0 Å². The number of amides is 1.